The Hall–Kier alpha value is -2.09. The number of amides is 1. The van der Waals surface area contributed by atoms with Gasteiger partial charge in [0, 0.05) is 11.9 Å². The molecule has 1 atom stereocenters. The minimum Gasteiger partial charge on any atom is -0.388 e. The maximum atomic E-state index is 13.1. The summed E-state index contributed by atoms with van der Waals surface area (Å²) in [6.07, 6.45) is 0.282. The van der Waals surface area contributed by atoms with Gasteiger partial charge in [0.25, 0.3) is 5.91 Å². The van der Waals surface area contributed by atoms with Crippen LogP contribution in [0, 0.1) is 5.92 Å². The molecule has 8 heteroatoms. The first-order valence-corrected chi connectivity index (χ1v) is 7.96. The van der Waals surface area contributed by atoms with Gasteiger partial charge in [0.1, 0.15) is 0 Å². The zero-order valence-electron chi connectivity index (χ0n) is 14.4. The third kappa shape index (κ3) is 4.50. The molecule has 5 nitrogen and oxygen atoms in total. The quantitative estimate of drug-likeness (QED) is 0.684. The SMILES string of the molecule is C=C1N=CC(C(=O)NC(C(C)(C)O)C(F)(F)F)=C1N/C(=C\C)C1CC1. The lowest BCUT2D eigenvalue weighted by molar-refractivity contribution is -0.196. The van der Waals surface area contributed by atoms with Crippen molar-refractivity contribution in [3.63, 3.8) is 0 Å². The van der Waals surface area contributed by atoms with Crippen LogP contribution in [0.1, 0.15) is 33.6 Å². The Kier molecular flexibility index (Phi) is 5.13. The fourth-order valence-corrected chi connectivity index (χ4v) is 2.56. The molecule has 3 N–H and O–H groups in total. The number of hydrogen-bond donors (Lipinski definition) is 3. The van der Waals surface area contributed by atoms with Crippen LogP contribution in [-0.2, 0) is 4.79 Å². The van der Waals surface area contributed by atoms with Gasteiger partial charge in [0.15, 0.2) is 6.04 Å². The summed E-state index contributed by atoms with van der Waals surface area (Å²) in [5.41, 5.74) is -0.756. The zero-order chi connectivity index (χ0) is 19.0. The van der Waals surface area contributed by atoms with E-state index in [1.807, 2.05) is 18.3 Å². The molecule has 1 aliphatic carbocycles. The van der Waals surface area contributed by atoms with Gasteiger partial charge < -0.3 is 15.7 Å². The standard InChI is InChI=1S/C17H22F3N3O2/c1-5-12(10-6-7-10)22-13-9(2)21-8-11(13)14(24)23-15(16(3,4)25)17(18,19)20/h5,8,10,15,22,25H,2,6-7H2,1,3-4H3,(H,23,24)/b12-5-. The Bertz CT molecular complexity index is 652. The van der Waals surface area contributed by atoms with Gasteiger partial charge in [0.2, 0.25) is 0 Å². The number of nitrogens with one attached hydrogen (secondary N) is 2. The number of alkyl halides is 3. The number of carbonyl (C=O) groups is 1. The number of carbonyl (C=O) groups excluding carboxylic acids is 1. The number of rotatable bonds is 6. The summed E-state index contributed by atoms with van der Waals surface area (Å²) in [6.45, 7) is 7.54. The maximum absolute atomic E-state index is 13.1. The molecule has 1 aliphatic heterocycles. The highest BCUT2D eigenvalue weighted by molar-refractivity contribution is 6.15. The Balaban J connectivity index is 2.25. The number of halogens is 3. The monoisotopic (exact) mass is 357 g/mol. The number of nitrogens with zero attached hydrogens (tertiary/aromatic N) is 1. The highest BCUT2D eigenvalue weighted by atomic mass is 19.4. The largest absolute Gasteiger partial charge is 0.411 e. The molecule has 0 aromatic rings. The molecule has 0 bridgehead atoms. The van der Waals surface area contributed by atoms with Gasteiger partial charge in [-0.1, -0.05) is 12.7 Å². The van der Waals surface area contributed by atoms with Crippen molar-refractivity contribution < 1.29 is 23.1 Å². The lowest BCUT2D eigenvalue weighted by atomic mass is 9.98. The summed E-state index contributed by atoms with van der Waals surface area (Å²) >= 11 is 0. The summed E-state index contributed by atoms with van der Waals surface area (Å²) in [4.78, 5) is 16.3. The number of aliphatic hydroxyl groups is 1. The van der Waals surface area contributed by atoms with Gasteiger partial charge in [-0.3, -0.25) is 9.79 Å². The Morgan fingerprint density at radius 3 is 2.48 bits per heavy atom. The molecule has 1 amide bonds. The zero-order valence-corrected chi connectivity index (χ0v) is 14.4. The highest BCUT2D eigenvalue weighted by Crippen LogP contribution is 2.36. The minimum absolute atomic E-state index is 0.0384. The first-order valence-electron chi connectivity index (χ1n) is 7.96. The van der Waals surface area contributed by atoms with Crippen molar-refractivity contribution >= 4 is 12.1 Å². The fraction of sp³-hybridized carbons (Fsp3) is 0.529. The van der Waals surface area contributed by atoms with Crippen LogP contribution in [0.25, 0.3) is 0 Å². The summed E-state index contributed by atoms with van der Waals surface area (Å²) in [7, 11) is 0. The van der Waals surface area contributed by atoms with Gasteiger partial charge in [-0.05, 0) is 39.5 Å². The molecule has 2 aliphatic rings. The van der Waals surface area contributed by atoms with Crippen LogP contribution in [0.4, 0.5) is 13.2 Å². The average Bonchev–Trinajstić information content (AvgIpc) is 3.24. The van der Waals surface area contributed by atoms with Crippen molar-refractivity contribution in [3.8, 4) is 0 Å². The second kappa shape index (κ2) is 6.67. The highest BCUT2D eigenvalue weighted by Gasteiger charge is 2.49. The van der Waals surface area contributed by atoms with Crippen molar-refractivity contribution in [1.29, 1.82) is 0 Å². The van der Waals surface area contributed by atoms with Crippen LogP contribution in [0.5, 0.6) is 0 Å². The van der Waals surface area contributed by atoms with E-state index in [9.17, 15) is 23.1 Å². The molecule has 25 heavy (non-hydrogen) atoms. The van der Waals surface area contributed by atoms with Gasteiger partial charge in [-0.25, -0.2) is 0 Å². The van der Waals surface area contributed by atoms with Crippen molar-refractivity contribution in [2.75, 3.05) is 0 Å². The molecule has 2 rings (SSSR count). The van der Waals surface area contributed by atoms with Crippen molar-refractivity contribution in [2.24, 2.45) is 10.9 Å². The molecule has 1 heterocycles. The number of allylic oxidation sites excluding steroid dienone is 2. The number of aliphatic imine (C=N–C) groups is 1. The van der Waals surface area contributed by atoms with Crippen LogP contribution >= 0.6 is 0 Å². The van der Waals surface area contributed by atoms with E-state index in [4.69, 9.17) is 0 Å². The van der Waals surface area contributed by atoms with E-state index in [2.05, 4.69) is 16.9 Å². The molecule has 0 radical (unpaired) electrons. The lowest BCUT2D eigenvalue weighted by Crippen LogP contribution is -2.58. The third-order valence-electron chi connectivity index (χ3n) is 4.06. The molecule has 1 saturated carbocycles. The van der Waals surface area contributed by atoms with Crippen molar-refractivity contribution in [3.05, 3.63) is 35.3 Å². The molecule has 0 saturated heterocycles. The lowest BCUT2D eigenvalue weighted by Gasteiger charge is -2.31. The van der Waals surface area contributed by atoms with E-state index in [0.29, 0.717) is 5.92 Å². The van der Waals surface area contributed by atoms with E-state index in [1.165, 1.54) is 6.21 Å². The van der Waals surface area contributed by atoms with Crippen molar-refractivity contribution in [2.45, 2.75) is 51.4 Å². The molecule has 0 aromatic heterocycles. The van der Waals surface area contributed by atoms with Gasteiger partial charge in [-0.15, -0.1) is 0 Å². The summed E-state index contributed by atoms with van der Waals surface area (Å²) in [5, 5.41) is 14.7. The van der Waals surface area contributed by atoms with E-state index >= 15 is 0 Å². The van der Waals surface area contributed by atoms with Crippen LogP contribution in [-0.4, -0.2) is 35.0 Å². The predicted molar refractivity (Wildman–Crippen MR) is 88.6 cm³/mol. The maximum Gasteiger partial charge on any atom is 0.411 e. The molecular formula is C17H22F3N3O2. The van der Waals surface area contributed by atoms with Crippen LogP contribution in [0.15, 0.2) is 40.3 Å². The first-order chi connectivity index (χ1) is 11.4. The Labute approximate surface area is 144 Å². The van der Waals surface area contributed by atoms with Gasteiger partial charge in [0.05, 0.1) is 22.6 Å². The third-order valence-corrected chi connectivity index (χ3v) is 4.06. The van der Waals surface area contributed by atoms with Crippen molar-refractivity contribution in [1.82, 2.24) is 10.6 Å². The van der Waals surface area contributed by atoms with E-state index in [1.54, 1.807) is 0 Å². The fourth-order valence-electron chi connectivity index (χ4n) is 2.56. The van der Waals surface area contributed by atoms with Crippen LogP contribution < -0.4 is 10.6 Å². The second-order valence-electron chi connectivity index (χ2n) is 6.74. The van der Waals surface area contributed by atoms with E-state index < -0.39 is 23.7 Å². The minimum atomic E-state index is -4.79. The van der Waals surface area contributed by atoms with Gasteiger partial charge >= 0.3 is 6.18 Å². The molecular weight excluding hydrogens is 335 g/mol. The number of hydrogen-bond acceptors (Lipinski definition) is 4. The predicted octanol–water partition coefficient (Wildman–Crippen LogP) is 2.56. The summed E-state index contributed by atoms with van der Waals surface area (Å²) in [5.74, 6) is -0.616. The Morgan fingerprint density at radius 1 is 1.44 bits per heavy atom. The van der Waals surface area contributed by atoms with E-state index in [-0.39, 0.29) is 17.0 Å². The molecule has 0 aromatic carbocycles. The first kappa shape index (κ1) is 19.2. The Morgan fingerprint density at radius 2 is 2.04 bits per heavy atom. The van der Waals surface area contributed by atoms with Crippen LogP contribution in [0.3, 0.4) is 0 Å². The molecule has 0 spiro atoms. The van der Waals surface area contributed by atoms with E-state index in [0.717, 1.165) is 32.4 Å². The van der Waals surface area contributed by atoms with Crippen LogP contribution in [0.2, 0.25) is 0 Å². The molecule has 1 unspecified atom stereocenters. The summed E-state index contributed by atoms with van der Waals surface area (Å²) in [6, 6.07) is -2.41. The topological polar surface area (TPSA) is 73.7 Å². The molecule has 138 valence electrons. The normalized spacial score (nSPS) is 20.1. The van der Waals surface area contributed by atoms with Gasteiger partial charge in [-0.2, -0.15) is 13.2 Å². The second-order valence-corrected chi connectivity index (χ2v) is 6.74. The summed E-state index contributed by atoms with van der Waals surface area (Å²) < 4.78 is 39.4. The molecule has 1 fully saturated rings. The smallest absolute Gasteiger partial charge is 0.388 e. The average molecular weight is 357 g/mol.